The molecule has 0 aliphatic carbocycles. The lowest BCUT2D eigenvalue weighted by atomic mass is 10.2. The minimum absolute atomic E-state index is 0.108. The van der Waals surface area contributed by atoms with Crippen LogP contribution in [0.5, 0.6) is 0 Å². The molecule has 32 heavy (non-hydrogen) atoms. The molecule has 0 atom stereocenters. The van der Waals surface area contributed by atoms with Crippen LogP contribution in [0.1, 0.15) is 36.5 Å². The molecule has 0 aliphatic heterocycles. The highest BCUT2D eigenvalue weighted by molar-refractivity contribution is 7.89. The maximum atomic E-state index is 12.8. The van der Waals surface area contributed by atoms with E-state index in [1.54, 1.807) is 62.4 Å². The first-order chi connectivity index (χ1) is 15.3. The lowest BCUT2D eigenvalue weighted by molar-refractivity contribution is -0.121. The fourth-order valence-electron chi connectivity index (χ4n) is 3.40. The van der Waals surface area contributed by atoms with Crippen molar-refractivity contribution in [1.82, 2.24) is 24.7 Å². The number of aryl methyl sites for hydroxylation is 2. The Kier molecular flexibility index (Phi) is 7.26. The van der Waals surface area contributed by atoms with Crippen LogP contribution >= 0.6 is 0 Å². The van der Waals surface area contributed by atoms with Gasteiger partial charge in [0.2, 0.25) is 15.9 Å². The highest BCUT2D eigenvalue weighted by Gasteiger charge is 2.22. The average Bonchev–Trinajstić information content (AvgIpc) is 3.12. The number of sulfonamides is 1. The molecular formula is C22H27N5O4S. The molecule has 0 bridgehead atoms. The van der Waals surface area contributed by atoms with Gasteiger partial charge in [0, 0.05) is 38.5 Å². The Bertz CT molecular complexity index is 1220. The van der Waals surface area contributed by atoms with Crippen LogP contribution in [0.15, 0.2) is 53.4 Å². The molecule has 0 saturated heterocycles. The zero-order valence-corrected chi connectivity index (χ0v) is 19.1. The number of hydrogen-bond donors (Lipinski definition) is 2. The van der Waals surface area contributed by atoms with Crippen LogP contribution in [0.3, 0.4) is 0 Å². The molecule has 3 aromatic rings. The largest absolute Gasteiger partial charge is 0.331 e. The summed E-state index contributed by atoms with van der Waals surface area (Å²) in [4.78, 5) is 28.9. The highest BCUT2D eigenvalue weighted by Crippen LogP contribution is 2.22. The Hall–Kier alpha value is -3.24. The number of rotatable bonds is 8. The van der Waals surface area contributed by atoms with Crippen molar-refractivity contribution in [3.8, 4) is 0 Å². The molecule has 0 saturated carbocycles. The second-order valence-electron chi connectivity index (χ2n) is 7.20. The molecule has 0 radical (unpaired) electrons. The molecule has 9 nitrogen and oxygen atoms in total. The number of imidazole rings is 1. The number of benzene rings is 2. The third kappa shape index (κ3) is 4.97. The molecule has 1 aromatic heterocycles. The number of hydrogen-bond acceptors (Lipinski definition) is 5. The molecule has 0 aliphatic rings. The van der Waals surface area contributed by atoms with Crippen molar-refractivity contribution in [3.05, 3.63) is 59.9 Å². The summed E-state index contributed by atoms with van der Waals surface area (Å²) in [6, 6.07) is 13.4. The first kappa shape index (κ1) is 23.4. The van der Waals surface area contributed by atoms with Gasteiger partial charge in [-0.3, -0.25) is 20.4 Å². The monoisotopic (exact) mass is 457 g/mol. The summed E-state index contributed by atoms with van der Waals surface area (Å²) in [5.74, 6) is -0.114. The minimum Gasteiger partial charge on any atom is -0.331 e. The zero-order chi connectivity index (χ0) is 23.3. The Labute approximate surface area is 187 Å². The molecule has 2 N–H and O–H groups in total. The predicted octanol–water partition coefficient (Wildman–Crippen LogP) is 2.00. The second-order valence-corrected chi connectivity index (χ2v) is 9.13. The molecule has 0 unspecified atom stereocenters. The van der Waals surface area contributed by atoms with Crippen LogP contribution in [-0.4, -0.2) is 47.2 Å². The fraction of sp³-hybridized carbons (Fsp3) is 0.318. The summed E-state index contributed by atoms with van der Waals surface area (Å²) in [7, 11) is -1.76. The SMILES string of the molecule is CCN(CC)S(=O)(=O)c1ccc2c(c1)nc(CCC(=O)NNC(=O)c1ccccc1)n2C. The van der Waals surface area contributed by atoms with Crippen LogP contribution in [-0.2, 0) is 28.3 Å². The van der Waals surface area contributed by atoms with Crippen LogP contribution in [0.2, 0.25) is 0 Å². The van der Waals surface area contributed by atoms with Gasteiger partial charge in [-0.15, -0.1) is 0 Å². The van der Waals surface area contributed by atoms with Crippen LogP contribution in [0.25, 0.3) is 11.0 Å². The van der Waals surface area contributed by atoms with Gasteiger partial charge >= 0.3 is 0 Å². The van der Waals surface area contributed by atoms with Crippen LogP contribution in [0, 0.1) is 0 Å². The summed E-state index contributed by atoms with van der Waals surface area (Å²) in [5, 5.41) is 0. The molecule has 2 amide bonds. The Morgan fingerprint density at radius 2 is 1.72 bits per heavy atom. The number of carbonyl (C=O) groups is 2. The van der Waals surface area contributed by atoms with E-state index in [0.717, 1.165) is 5.52 Å². The van der Waals surface area contributed by atoms with Crippen LogP contribution < -0.4 is 10.9 Å². The highest BCUT2D eigenvalue weighted by atomic mass is 32.2. The smallest absolute Gasteiger partial charge is 0.269 e. The van der Waals surface area contributed by atoms with E-state index >= 15 is 0 Å². The molecule has 3 rings (SSSR count). The number of fused-ring (bicyclic) bond motifs is 1. The van der Waals surface area contributed by atoms with E-state index in [0.29, 0.717) is 36.4 Å². The molecule has 0 fully saturated rings. The van der Waals surface area contributed by atoms with Crippen molar-refractivity contribution in [2.75, 3.05) is 13.1 Å². The average molecular weight is 458 g/mol. The topological polar surface area (TPSA) is 113 Å². The third-order valence-electron chi connectivity index (χ3n) is 5.22. The minimum atomic E-state index is -3.58. The molecular weight excluding hydrogens is 430 g/mol. The first-order valence-corrected chi connectivity index (χ1v) is 11.8. The van der Waals surface area contributed by atoms with E-state index in [4.69, 9.17) is 0 Å². The quantitative estimate of drug-likeness (QED) is 0.502. The van der Waals surface area contributed by atoms with E-state index in [-0.39, 0.29) is 17.2 Å². The fourth-order valence-corrected chi connectivity index (χ4v) is 4.88. The van der Waals surface area contributed by atoms with Crippen molar-refractivity contribution in [3.63, 3.8) is 0 Å². The van der Waals surface area contributed by atoms with E-state index in [1.165, 1.54) is 4.31 Å². The Balaban J connectivity index is 1.67. The normalized spacial score (nSPS) is 11.6. The number of carbonyl (C=O) groups excluding carboxylic acids is 2. The standard InChI is InChI=1S/C22H27N5O4S/c1-4-27(5-2)32(30,31)17-11-12-19-18(15-17)23-20(26(19)3)13-14-21(28)24-25-22(29)16-9-7-6-8-10-16/h6-12,15H,4-5,13-14H2,1-3H3,(H,24,28)(H,25,29). The summed E-state index contributed by atoms with van der Waals surface area (Å²) in [6.45, 7) is 4.37. The van der Waals surface area contributed by atoms with Gasteiger partial charge in [-0.05, 0) is 30.3 Å². The second kappa shape index (κ2) is 9.92. The summed E-state index contributed by atoms with van der Waals surface area (Å²) >= 11 is 0. The van der Waals surface area contributed by atoms with Gasteiger partial charge in [0.1, 0.15) is 5.82 Å². The van der Waals surface area contributed by atoms with Gasteiger partial charge in [0.05, 0.1) is 15.9 Å². The maximum absolute atomic E-state index is 12.8. The third-order valence-corrected chi connectivity index (χ3v) is 7.26. The molecule has 170 valence electrons. The van der Waals surface area contributed by atoms with Crippen molar-refractivity contribution in [2.24, 2.45) is 7.05 Å². The number of hydrazine groups is 1. The molecule has 0 spiro atoms. The number of nitrogens with one attached hydrogen (secondary N) is 2. The van der Waals surface area contributed by atoms with E-state index in [9.17, 15) is 18.0 Å². The zero-order valence-electron chi connectivity index (χ0n) is 18.3. The Morgan fingerprint density at radius 1 is 1.03 bits per heavy atom. The van der Waals surface area contributed by atoms with E-state index < -0.39 is 15.9 Å². The van der Waals surface area contributed by atoms with Gasteiger partial charge < -0.3 is 4.57 Å². The van der Waals surface area contributed by atoms with Crippen molar-refractivity contribution >= 4 is 32.9 Å². The molecule has 10 heteroatoms. The number of amides is 2. The van der Waals surface area contributed by atoms with Gasteiger partial charge in [-0.1, -0.05) is 32.0 Å². The predicted molar refractivity (Wildman–Crippen MR) is 121 cm³/mol. The Morgan fingerprint density at radius 3 is 2.38 bits per heavy atom. The summed E-state index contributed by atoms with van der Waals surface area (Å²) in [5.41, 5.74) is 6.55. The number of nitrogens with zero attached hydrogens (tertiary/aromatic N) is 3. The van der Waals surface area contributed by atoms with Crippen molar-refractivity contribution in [1.29, 1.82) is 0 Å². The molecule has 1 heterocycles. The lowest BCUT2D eigenvalue weighted by Gasteiger charge is -2.18. The van der Waals surface area contributed by atoms with Gasteiger partial charge in [-0.2, -0.15) is 4.31 Å². The van der Waals surface area contributed by atoms with Gasteiger partial charge in [0.25, 0.3) is 5.91 Å². The van der Waals surface area contributed by atoms with Gasteiger partial charge in [-0.25, -0.2) is 13.4 Å². The molecule has 2 aromatic carbocycles. The summed E-state index contributed by atoms with van der Waals surface area (Å²) in [6.07, 6.45) is 0.438. The lowest BCUT2D eigenvalue weighted by Crippen LogP contribution is -2.41. The van der Waals surface area contributed by atoms with E-state index in [2.05, 4.69) is 15.8 Å². The summed E-state index contributed by atoms with van der Waals surface area (Å²) < 4.78 is 28.8. The first-order valence-electron chi connectivity index (χ1n) is 10.4. The van der Waals surface area contributed by atoms with Crippen LogP contribution in [0.4, 0.5) is 0 Å². The van der Waals surface area contributed by atoms with E-state index in [1.807, 2.05) is 11.6 Å². The van der Waals surface area contributed by atoms with Crippen molar-refractivity contribution in [2.45, 2.75) is 31.6 Å². The number of aromatic nitrogens is 2. The maximum Gasteiger partial charge on any atom is 0.269 e. The van der Waals surface area contributed by atoms with Gasteiger partial charge in [0.15, 0.2) is 0 Å². The van der Waals surface area contributed by atoms with Crippen molar-refractivity contribution < 1.29 is 18.0 Å².